The van der Waals surface area contributed by atoms with Crippen LogP contribution in [0.2, 0.25) is 0 Å². The van der Waals surface area contributed by atoms with Gasteiger partial charge in [0.05, 0.1) is 0 Å². The number of furan rings is 1. The van der Waals surface area contributed by atoms with Gasteiger partial charge in [-0.2, -0.15) is 0 Å². The molecule has 0 radical (unpaired) electrons. The minimum Gasteiger partial charge on any atom is -0.456 e. The summed E-state index contributed by atoms with van der Waals surface area (Å²) in [6.45, 7) is 0. The van der Waals surface area contributed by atoms with Crippen LogP contribution in [-0.2, 0) is 0 Å². The molecule has 11 aromatic carbocycles. The Hall–Kier alpha value is -8.98. The Morgan fingerprint density at radius 1 is 0.191 bits per heavy atom. The first kappa shape index (κ1) is 40.5. The Kier molecular flexibility index (Phi) is 10.6. The molecule has 2 heteroatoms. The molecule has 1 aromatic heterocycles. The van der Waals surface area contributed by atoms with E-state index < -0.39 is 0 Å². The molecule has 68 heavy (non-hydrogen) atoms. The summed E-state index contributed by atoms with van der Waals surface area (Å²) < 4.78 is 6.41. The number of hydrogen-bond acceptors (Lipinski definition) is 2. The molecule has 0 atom stereocenters. The third kappa shape index (κ3) is 8.06. The van der Waals surface area contributed by atoms with Gasteiger partial charge in [0.2, 0.25) is 0 Å². The molecule has 0 aliphatic heterocycles. The van der Waals surface area contributed by atoms with Crippen molar-refractivity contribution in [3.05, 3.63) is 273 Å². The van der Waals surface area contributed by atoms with E-state index in [0.717, 1.165) is 50.1 Å². The van der Waals surface area contributed by atoms with Crippen molar-refractivity contribution in [3.8, 4) is 77.9 Å². The molecule has 0 fully saturated rings. The first-order valence-corrected chi connectivity index (χ1v) is 23.2. The lowest BCUT2D eigenvalue weighted by molar-refractivity contribution is 0.669. The summed E-state index contributed by atoms with van der Waals surface area (Å²) in [5.41, 5.74) is 21.6. The fourth-order valence-electron chi connectivity index (χ4n) is 9.49. The maximum Gasteiger partial charge on any atom is 0.137 e. The number of benzene rings is 11. The molecule has 320 valence electrons. The molecule has 12 aromatic rings. The van der Waals surface area contributed by atoms with E-state index in [1.807, 2.05) is 12.1 Å². The van der Waals surface area contributed by atoms with Gasteiger partial charge in [0.25, 0.3) is 0 Å². The second kappa shape index (κ2) is 17.8. The zero-order valence-electron chi connectivity index (χ0n) is 37.3. The van der Waals surface area contributed by atoms with Gasteiger partial charge in [-0.3, -0.25) is 0 Å². The minimum absolute atomic E-state index is 0.863. The first-order valence-electron chi connectivity index (χ1n) is 23.2. The van der Waals surface area contributed by atoms with Crippen molar-refractivity contribution < 1.29 is 4.42 Å². The van der Waals surface area contributed by atoms with Crippen LogP contribution in [0.3, 0.4) is 0 Å². The van der Waals surface area contributed by atoms with Crippen LogP contribution in [0.4, 0.5) is 17.1 Å². The predicted octanol–water partition coefficient (Wildman–Crippen LogP) is 18.7. The summed E-state index contributed by atoms with van der Waals surface area (Å²) in [4.78, 5) is 2.32. The van der Waals surface area contributed by atoms with E-state index in [-0.39, 0.29) is 0 Å². The Labute approximate surface area is 397 Å². The summed E-state index contributed by atoms with van der Waals surface area (Å²) in [6, 6.07) is 97.9. The molecule has 0 spiro atoms. The van der Waals surface area contributed by atoms with Crippen LogP contribution in [0.15, 0.2) is 277 Å². The van der Waals surface area contributed by atoms with E-state index in [1.54, 1.807) is 0 Å². The molecule has 0 aliphatic rings. The Bertz CT molecular complexity index is 3670. The molecule has 2 nitrogen and oxygen atoms in total. The zero-order valence-corrected chi connectivity index (χ0v) is 37.3. The van der Waals surface area contributed by atoms with Crippen LogP contribution in [0, 0.1) is 0 Å². The molecule has 0 amide bonds. The van der Waals surface area contributed by atoms with Crippen molar-refractivity contribution in [2.45, 2.75) is 0 Å². The van der Waals surface area contributed by atoms with E-state index in [1.165, 1.54) is 66.8 Å². The average molecular weight is 868 g/mol. The van der Waals surface area contributed by atoms with Crippen LogP contribution < -0.4 is 4.90 Å². The Morgan fingerprint density at radius 2 is 0.485 bits per heavy atom. The lowest BCUT2D eigenvalue weighted by Crippen LogP contribution is -2.09. The minimum atomic E-state index is 0.863. The Balaban J connectivity index is 0.823. The second-order valence-corrected chi connectivity index (χ2v) is 17.3. The second-order valence-electron chi connectivity index (χ2n) is 17.3. The number of hydrogen-bond donors (Lipinski definition) is 0. The van der Waals surface area contributed by atoms with Crippen LogP contribution in [0.1, 0.15) is 0 Å². The third-order valence-corrected chi connectivity index (χ3v) is 13.1. The molecule has 1 heterocycles. The smallest absolute Gasteiger partial charge is 0.137 e. The van der Waals surface area contributed by atoms with Crippen molar-refractivity contribution >= 4 is 39.0 Å². The van der Waals surface area contributed by atoms with Crippen molar-refractivity contribution in [2.24, 2.45) is 0 Å². The number of anilines is 3. The number of fused-ring (bicyclic) bond motifs is 3. The summed E-state index contributed by atoms with van der Waals surface area (Å²) in [7, 11) is 0. The highest BCUT2D eigenvalue weighted by molar-refractivity contribution is 6.06. The monoisotopic (exact) mass is 867 g/mol. The van der Waals surface area contributed by atoms with Gasteiger partial charge in [-0.1, -0.05) is 212 Å². The van der Waals surface area contributed by atoms with E-state index >= 15 is 0 Å². The highest BCUT2D eigenvalue weighted by Crippen LogP contribution is 2.40. The highest BCUT2D eigenvalue weighted by Gasteiger charge is 2.17. The van der Waals surface area contributed by atoms with Gasteiger partial charge in [0, 0.05) is 33.9 Å². The lowest BCUT2D eigenvalue weighted by atomic mass is 9.96. The fraction of sp³-hybridized carbons (Fsp3) is 0. The van der Waals surface area contributed by atoms with Crippen molar-refractivity contribution in [1.29, 1.82) is 0 Å². The highest BCUT2D eigenvalue weighted by atomic mass is 16.3. The van der Waals surface area contributed by atoms with Crippen LogP contribution >= 0.6 is 0 Å². The van der Waals surface area contributed by atoms with Crippen LogP contribution in [0.25, 0.3) is 99.8 Å². The van der Waals surface area contributed by atoms with Gasteiger partial charge in [-0.15, -0.1) is 0 Å². The number of nitrogens with zero attached hydrogens (tertiary/aromatic N) is 1. The third-order valence-electron chi connectivity index (χ3n) is 13.1. The maximum atomic E-state index is 6.41. The van der Waals surface area contributed by atoms with E-state index in [0.29, 0.717) is 0 Å². The maximum absolute atomic E-state index is 6.41. The van der Waals surface area contributed by atoms with Gasteiger partial charge in [-0.05, 0) is 132 Å². The molecule has 0 saturated carbocycles. The van der Waals surface area contributed by atoms with E-state index in [2.05, 4.69) is 266 Å². The molecule has 0 saturated heterocycles. The molecule has 0 N–H and O–H groups in total. The summed E-state index contributed by atoms with van der Waals surface area (Å²) in [5.74, 6) is 0. The molecule has 0 aliphatic carbocycles. The van der Waals surface area contributed by atoms with E-state index in [9.17, 15) is 0 Å². The quantitative estimate of drug-likeness (QED) is 0.136. The molecule has 12 rings (SSSR count). The van der Waals surface area contributed by atoms with Crippen LogP contribution in [-0.4, -0.2) is 0 Å². The summed E-state index contributed by atoms with van der Waals surface area (Å²) >= 11 is 0. The largest absolute Gasteiger partial charge is 0.456 e. The van der Waals surface area contributed by atoms with Crippen LogP contribution in [0.5, 0.6) is 0 Å². The molecule has 0 unspecified atom stereocenters. The summed E-state index contributed by atoms with van der Waals surface area (Å²) in [6.07, 6.45) is 0. The van der Waals surface area contributed by atoms with Gasteiger partial charge < -0.3 is 9.32 Å². The summed E-state index contributed by atoms with van der Waals surface area (Å²) in [5, 5.41) is 2.23. The SMILES string of the molecule is c1ccc(-c2ccc(-c3cccc(-c4ccc(-c5ccc(N(c6ccc(-c7cccc(-c8ccc(-c9ccccc9)cc8)c7)cc6)c6ccc7c(c6)oc6ccccc67)cc5)cc4)c3)cc2)cc1. The zero-order chi connectivity index (χ0) is 45.2. The van der Waals surface area contributed by atoms with E-state index in [4.69, 9.17) is 4.42 Å². The normalized spacial score (nSPS) is 11.2. The standard InChI is InChI=1S/C66H45NO/c1-3-11-46(12-4-1)48-21-27-52(28-22-48)56-15-9-16-57(43-56)54-31-25-50(26-32-54)51-33-37-60(38-34-51)67(62-41-42-64-63-19-7-8-20-65(63)68-66(64)45-62)61-39-35-55(36-40-61)59-18-10-17-58(44-59)53-29-23-49(24-30-53)47-13-5-2-6-14-47/h1-45H. The van der Waals surface area contributed by atoms with Gasteiger partial charge in [-0.25, -0.2) is 0 Å². The molecular formula is C66H45NO. The number of para-hydroxylation sites is 1. The van der Waals surface area contributed by atoms with Gasteiger partial charge in [0.15, 0.2) is 0 Å². The first-order chi connectivity index (χ1) is 33.7. The van der Waals surface area contributed by atoms with Crippen molar-refractivity contribution in [1.82, 2.24) is 0 Å². The molecular weight excluding hydrogens is 823 g/mol. The van der Waals surface area contributed by atoms with Crippen molar-refractivity contribution in [2.75, 3.05) is 4.90 Å². The Morgan fingerprint density at radius 3 is 0.897 bits per heavy atom. The van der Waals surface area contributed by atoms with Crippen molar-refractivity contribution in [3.63, 3.8) is 0 Å². The fourth-order valence-corrected chi connectivity index (χ4v) is 9.49. The lowest BCUT2D eigenvalue weighted by Gasteiger charge is -2.26. The topological polar surface area (TPSA) is 16.4 Å². The molecule has 0 bridgehead atoms. The average Bonchev–Trinajstić information content (AvgIpc) is 3.80. The predicted molar refractivity (Wildman–Crippen MR) is 286 cm³/mol. The van der Waals surface area contributed by atoms with Gasteiger partial charge in [0.1, 0.15) is 11.2 Å². The number of rotatable bonds is 10. The van der Waals surface area contributed by atoms with Gasteiger partial charge >= 0.3 is 0 Å².